The van der Waals surface area contributed by atoms with Crippen LogP contribution >= 0.6 is 0 Å². The molecule has 0 N–H and O–H groups in total. The Morgan fingerprint density at radius 3 is 1.61 bits per heavy atom. The Labute approximate surface area is 273 Å². The number of fused-ring (bicyclic) bond motifs is 8. The Bertz CT molecular complexity index is 2000. The number of nitrogens with zero attached hydrogens (tertiary/aromatic N) is 1. The fraction of sp³-hybridized carbons (Fsp3) is 0.333. The lowest BCUT2D eigenvalue weighted by Crippen LogP contribution is -2.55. The van der Waals surface area contributed by atoms with E-state index in [1.165, 1.54) is 97.1 Å². The number of hydrogen-bond acceptors (Lipinski definition) is 1. The van der Waals surface area contributed by atoms with Gasteiger partial charge in [-0.3, -0.25) is 0 Å². The third-order valence-electron chi connectivity index (χ3n) is 13.8. The second-order valence-corrected chi connectivity index (χ2v) is 15.7. The first-order chi connectivity index (χ1) is 22.7. The van der Waals surface area contributed by atoms with Gasteiger partial charge in [-0.1, -0.05) is 91.7 Å². The van der Waals surface area contributed by atoms with Crippen LogP contribution in [0.25, 0.3) is 22.3 Å². The van der Waals surface area contributed by atoms with E-state index in [1.54, 1.807) is 22.3 Å². The molecule has 0 heterocycles. The fourth-order valence-corrected chi connectivity index (χ4v) is 12.4. The molecule has 5 aromatic carbocycles. The zero-order valence-corrected chi connectivity index (χ0v) is 26.6. The van der Waals surface area contributed by atoms with Gasteiger partial charge in [-0.05, 0) is 150 Å². The van der Waals surface area contributed by atoms with Gasteiger partial charge in [0, 0.05) is 27.9 Å². The Morgan fingerprint density at radius 1 is 0.435 bits per heavy atom. The lowest BCUT2D eigenvalue weighted by molar-refractivity contribution is -0.0399. The molecule has 1 nitrogen and oxygen atoms in total. The molecule has 0 aromatic heterocycles. The maximum Gasteiger partial charge on any atom is 0.0468 e. The minimum absolute atomic E-state index is 0.201. The molecule has 1 heteroatoms. The molecule has 0 atom stereocenters. The van der Waals surface area contributed by atoms with Gasteiger partial charge in [0.1, 0.15) is 0 Å². The van der Waals surface area contributed by atoms with Crippen molar-refractivity contribution < 1.29 is 0 Å². The van der Waals surface area contributed by atoms with E-state index < -0.39 is 0 Å². The highest BCUT2D eigenvalue weighted by molar-refractivity contribution is 5.90. The lowest BCUT2D eigenvalue weighted by atomic mass is 9.43. The first-order valence-electron chi connectivity index (χ1n) is 18.1. The topological polar surface area (TPSA) is 3.24 Å². The van der Waals surface area contributed by atoms with Crippen LogP contribution in [0.2, 0.25) is 0 Å². The summed E-state index contributed by atoms with van der Waals surface area (Å²) >= 11 is 0. The maximum absolute atomic E-state index is 2.57. The van der Waals surface area contributed by atoms with E-state index in [0.717, 1.165) is 23.7 Å². The second-order valence-electron chi connectivity index (χ2n) is 15.7. The van der Waals surface area contributed by atoms with E-state index in [2.05, 4.69) is 120 Å². The minimum Gasteiger partial charge on any atom is -0.310 e. The molecule has 46 heavy (non-hydrogen) atoms. The van der Waals surface area contributed by atoms with Crippen molar-refractivity contribution in [2.75, 3.05) is 4.90 Å². The van der Waals surface area contributed by atoms with Crippen molar-refractivity contribution in [2.24, 2.45) is 23.7 Å². The van der Waals surface area contributed by atoms with E-state index in [1.807, 2.05) is 0 Å². The highest BCUT2D eigenvalue weighted by Gasteiger charge is 2.61. The van der Waals surface area contributed by atoms with Crippen molar-refractivity contribution in [3.05, 3.63) is 138 Å². The minimum atomic E-state index is 0.201. The Balaban J connectivity index is 1.10. The average molecular weight is 596 g/mol. The van der Waals surface area contributed by atoms with Crippen LogP contribution in [-0.2, 0) is 10.8 Å². The molecule has 5 saturated carbocycles. The van der Waals surface area contributed by atoms with E-state index in [0.29, 0.717) is 0 Å². The number of benzene rings is 5. The van der Waals surface area contributed by atoms with Gasteiger partial charge in [-0.2, -0.15) is 0 Å². The molecule has 7 aliphatic carbocycles. The molecule has 5 fully saturated rings. The van der Waals surface area contributed by atoms with Gasteiger partial charge >= 0.3 is 0 Å². The summed E-state index contributed by atoms with van der Waals surface area (Å²) in [5.74, 6) is 3.51. The first-order valence-corrected chi connectivity index (χ1v) is 18.1. The summed E-state index contributed by atoms with van der Waals surface area (Å²) in [6, 6.07) is 44.8. The van der Waals surface area contributed by atoms with Crippen molar-refractivity contribution in [1.82, 2.24) is 0 Å². The van der Waals surface area contributed by atoms with Gasteiger partial charge < -0.3 is 4.90 Å². The van der Waals surface area contributed by atoms with Gasteiger partial charge in [-0.25, -0.2) is 0 Å². The van der Waals surface area contributed by atoms with Gasteiger partial charge in [-0.15, -0.1) is 0 Å². The van der Waals surface area contributed by atoms with Crippen LogP contribution < -0.4 is 4.90 Å². The van der Waals surface area contributed by atoms with Crippen LogP contribution in [0.3, 0.4) is 0 Å². The molecule has 0 saturated heterocycles. The molecule has 0 unspecified atom stereocenters. The third kappa shape index (κ3) is 3.22. The molecule has 5 aromatic rings. The molecule has 0 radical (unpaired) electrons. The summed E-state index contributed by atoms with van der Waals surface area (Å²) in [5, 5.41) is 0. The quantitative estimate of drug-likeness (QED) is 0.201. The predicted octanol–water partition coefficient (Wildman–Crippen LogP) is 11.7. The van der Waals surface area contributed by atoms with E-state index in [9.17, 15) is 0 Å². The van der Waals surface area contributed by atoms with Crippen molar-refractivity contribution in [2.45, 2.75) is 68.6 Å². The standard InChI is InChI=1S/C45H41N/c1-2-10-33(11-3-1)46(34-16-18-41-38(27-34)36-12-4-6-14-40(36)44(41)20-8-9-21-44)35-17-19-43-39(28-35)37-13-5-7-15-42(37)45(43)31-23-29-22-30(25-31)26-32(45)24-29/h1-7,10-19,27-32H,8-9,20-26H2. The lowest BCUT2D eigenvalue weighted by Gasteiger charge is -2.61. The van der Waals surface area contributed by atoms with Crippen molar-refractivity contribution in [3.63, 3.8) is 0 Å². The van der Waals surface area contributed by atoms with Crippen LogP contribution in [-0.4, -0.2) is 0 Å². The third-order valence-corrected chi connectivity index (χ3v) is 13.8. The highest BCUT2D eigenvalue weighted by atomic mass is 15.1. The average Bonchev–Trinajstić information content (AvgIpc) is 3.78. The predicted molar refractivity (Wildman–Crippen MR) is 189 cm³/mol. The monoisotopic (exact) mass is 595 g/mol. The summed E-state index contributed by atoms with van der Waals surface area (Å²) in [5.41, 5.74) is 16.4. The highest BCUT2D eigenvalue weighted by Crippen LogP contribution is 2.69. The molecule has 0 aliphatic heterocycles. The van der Waals surface area contributed by atoms with Crippen molar-refractivity contribution in [3.8, 4) is 22.3 Å². The van der Waals surface area contributed by atoms with Crippen LogP contribution in [0.15, 0.2) is 115 Å². The maximum atomic E-state index is 2.57. The van der Waals surface area contributed by atoms with E-state index in [4.69, 9.17) is 0 Å². The van der Waals surface area contributed by atoms with Gasteiger partial charge in [0.05, 0.1) is 0 Å². The second kappa shape index (κ2) is 9.25. The Kier molecular flexibility index (Phi) is 5.23. The largest absolute Gasteiger partial charge is 0.310 e. The summed E-state index contributed by atoms with van der Waals surface area (Å²) in [7, 11) is 0. The summed E-state index contributed by atoms with van der Waals surface area (Å²) in [6.07, 6.45) is 12.4. The molecule has 4 bridgehead atoms. The summed E-state index contributed by atoms with van der Waals surface area (Å²) < 4.78 is 0. The zero-order valence-electron chi connectivity index (χ0n) is 26.6. The van der Waals surface area contributed by atoms with E-state index in [-0.39, 0.29) is 10.8 Å². The molecule has 2 spiro atoms. The molecular formula is C45H41N. The van der Waals surface area contributed by atoms with Crippen LogP contribution in [0.4, 0.5) is 17.1 Å². The van der Waals surface area contributed by atoms with Crippen molar-refractivity contribution in [1.29, 1.82) is 0 Å². The Morgan fingerprint density at radius 2 is 0.935 bits per heavy atom. The fourth-order valence-electron chi connectivity index (χ4n) is 12.4. The van der Waals surface area contributed by atoms with E-state index >= 15 is 0 Å². The molecular weight excluding hydrogens is 555 g/mol. The smallest absolute Gasteiger partial charge is 0.0468 e. The Hall–Kier alpha value is -4.10. The molecule has 0 amide bonds. The molecule has 12 rings (SSSR count). The summed E-state index contributed by atoms with van der Waals surface area (Å²) in [6.45, 7) is 0. The normalized spacial score (nSPS) is 28.3. The molecule has 7 aliphatic rings. The van der Waals surface area contributed by atoms with Crippen LogP contribution in [0.5, 0.6) is 0 Å². The van der Waals surface area contributed by atoms with Crippen LogP contribution in [0, 0.1) is 23.7 Å². The molecule has 226 valence electrons. The van der Waals surface area contributed by atoms with Gasteiger partial charge in [0.15, 0.2) is 0 Å². The number of para-hydroxylation sites is 1. The zero-order chi connectivity index (χ0) is 30.0. The number of hydrogen-bond donors (Lipinski definition) is 0. The summed E-state index contributed by atoms with van der Waals surface area (Å²) in [4.78, 5) is 2.52. The first kappa shape index (κ1) is 26.0. The number of anilines is 3. The van der Waals surface area contributed by atoms with Gasteiger partial charge in [0.2, 0.25) is 0 Å². The number of rotatable bonds is 3. The SMILES string of the molecule is c1ccc(N(c2ccc3c(c2)-c2ccccc2C32CCCC2)c2ccc3c(c2)-c2ccccc2C32C3CC4CC(C3)CC2C4)cc1. The van der Waals surface area contributed by atoms with Gasteiger partial charge in [0.25, 0.3) is 0 Å². The van der Waals surface area contributed by atoms with Crippen LogP contribution in [0.1, 0.15) is 80.0 Å². The van der Waals surface area contributed by atoms with Crippen molar-refractivity contribution >= 4 is 17.1 Å².